The predicted molar refractivity (Wildman–Crippen MR) is 88.0 cm³/mol. The SMILES string of the molecule is CCOc1ccc2nccc(CC(O)c3ccccc3)c2c1. The number of hydrogen-bond donors (Lipinski definition) is 1. The topological polar surface area (TPSA) is 42.4 Å². The third kappa shape index (κ3) is 3.10. The Morgan fingerprint density at radius 3 is 2.68 bits per heavy atom. The van der Waals surface area contributed by atoms with Crippen molar-refractivity contribution in [3.8, 4) is 5.75 Å². The van der Waals surface area contributed by atoms with Gasteiger partial charge in [-0.05, 0) is 42.3 Å². The van der Waals surface area contributed by atoms with E-state index in [1.165, 1.54) is 0 Å². The number of fused-ring (bicyclic) bond motifs is 1. The van der Waals surface area contributed by atoms with Gasteiger partial charge in [-0.15, -0.1) is 0 Å². The van der Waals surface area contributed by atoms with Crippen LogP contribution in [0.15, 0.2) is 60.8 Å². The molecule has 3 rings (SSSR count). The molecule has 1 atom stereocenters. The molecule has 0 fully saturated rings. The molecule has 0 saturated carbocycles. The standard InChI is InChI=1S/C19H19NO2/c1-2-22-16-8-9-18-17(13-16)15(10-11-20-18)12-19(21)14-6-4-3-5-7-14/h3-11,13,19,21H,2,12H2,1H3. The number of ether oxygens (including phenoxy) is 1. The van der Waals surface area contributed by atoms with Crippen LogP contribution in [0.25, 0.3) is 10.9 Å². The van der Waals surface area contributed by atoms with E-state index in [-0.39, 0.29) is 0 Å². The van der Waals surface area contributed by atoms with Gasteiger partial charge in [0.1, 0.15) is 5.75 Å². The lowest BCUT2D eigenvalue weighted by Gasteiger charge is -2.13. The summed E-state index contributed by atoms with van der Waals surface area (Å²) in [6.07, 6.45) is 1.82. The van der Waals surface area contributed by atoms with Crippen LogP contribution in [0, 0.1) is 0 Å². The molecule has 0 aliphatic carbocycles. The van der Waals surface area contributed by atoms with Crippen LogP contribution in [0.2, 0.25) is 0 Å². The van der Waals surface area contributed by atoms with Gasteiger partial charge in [0.2, 0.25) is 0 Å². The summed E-state index contributed by atoms with van der Waals surface area (Å²) in [5, 5.41) is 11.5. The van der Waals surface area contributed by atoms with Crippen LogP contribution in [-0.4, -0.2) is 16.7 Å². The van der Waals surface area contributed by atoms with Crippen LogP contribution in [0.4, 0.5) is 0 Å². The van der Waals surface area contributed by atoms with Crippen molar-refractivity contribution in [3.63, 3.8) is 0 Å². The quantitative estimate of drug-likeness (QED) is 0.775. The molecule has 112 valence electrons. The van der Waals surface area contributed by atoms with Gasteiger partial charge in [-0.25, -0.2) is 0 Å². The molecule has 0 saturated heterocycles. The second-order valence-electron chi connectivity index (χ2n) is 5.21. The van der Waals surface area contributed by atoms with E-state index in [9.17, 15) is 5.11 Å². The number of aliphatic hydroxyl groups is 1. The zero-order chi connectivity index (χ0) is 15.4. The van der Waals surface area contributed by atoms with Gasteiger partial charge in [0, 0.05) is 18.0 Å². The van der Waals surface area contributed by atoms with Gasteiger partial charge >= 0.3 is 0 Å². The van der Waals surface area contributed by atoms with Crippen molar-refractivity contribution < 1.29 is 9.84 Å². The average molecular weight is 293 g/mol. The number of nitrogens with zero attached hydrogens (tertiary/aromatic N) is 1. The Morgan fingerprint density at radius 2 is 1.91 bits per heavy atom. The van der Waals surface area contributed by atoms with E-state index in [1.54, 1.807) is 6.20 Å². The molecule has 1 unspecified atom stereocenters. The molecule has 3 aromatic rings. The summed E-state index contributed by atoms with van der Waals surface area (Å²) >= 11 is 0. The molecule has 3 heteroatoms. The molecule has 0 aliphatic heterocycles. The minimum atomic E-state index is -0.525. The summed E-state index contributed by atoms with van der Waals surface area (Å²) in [4.78, 5) is 4.39. The van der Waals surface area contributed by atoms with Gasteiger partial charge < -0.3 is 9.84 Å². The number of rotatable bonds is 5. The third-order valence-electron chi connectivity index (χ3n) is 3.71. The van der Waals surface area contributed by atoms with Crippen molar-refractivity contribution in [2.75, 3.05) is 6.61 Å². The summed E-state index contributed by atoms with van der Waals surface area (Å²) in [5.41, 5.74) is 2.91. The molecule has 0 radical (unpaired) electrons. The lowest BCUT2D eigenvalue weighted by molar-refractivity contribution is 0.179. The maximum Gasteiger partial charge on any atom is 0.120 e. The van der Waals surface area contributed by atoms with Crippen LogP contribution in [-0.2, 0) is 6.42 Å². The van der Waals surface area contributed by atoms with E-state index in [1.807, 2.05) is 61.5 Å². The Bertz CT molecular complexity index is 756. The molecule has 2 aromatic carbocycles. The van der Waals surface area contributed by atoms with Crippen LogP contribution in [0.1, 0.15) is 24.2 Å². The zero-order valence-corrected chi connectivity index (χ0v) is 12.6. The molecule has 0 bridgehead atoms. The molecule has 1 heterocycles. The van der Waals surface area contributed by atoms with Gasteiger partial charge in [0.15, 0.2) is 0 Å². The maximum atomic E-state index is 10.5. The molecule has 3 nitrogen and oxygen atoms in total. The number of benzene rings is 2. The molecule has 1 aromatic heterocycles. The van der Waals surface area contributed by atoms with Crippen LogP contribution < -0.4 is 4.74 Å². The highest BCUT2D eigenvalue weighted by Crippen LogP contribution is 2.26. The lowest BCUT2D eigenvalue weighted by Crippen LogP contribution is -2.02. The summed E-state index contributed by atoms with van der Waals surface area (Å²) in [6, 6.07) is 17.6. The van der Waals surface area contributed by atoms with Gasteiger partial charge in [-0.3, -0.25) is 4.98 Å². The van der Waals surface area contributed by atoms with Gasteiger partial charge in [-0.1, -0.05) is 30.3 Å². The first-order valence-electron chi connectivity index (χ1n) is 7.51. The van der Waals surface area contributed by atoms with Crippen LogP contribution >= 0.6 is 0 Å². The fraction of sp³-hybridized carbons (Fsp3) is 0.211. The summed E-state index contributed by atoms with van der Waals surface area (Å²) in [5.74, 6) is 0.832. The van der Waals surface area contributed by atoms with Crippen LogP contribution in [0.3, 0.4) is 0 Å². The van der Waals surface area contributed by atoms with E-state index >= 15 is 0 Å². The van der Waals surface area contributed by atoms with E-state index in [2.05, 4.69) is 4.98 Å². The van der Waals surface area contributed by atoms with Gasteiger partial charge in [-0.2, -0.15) is 0 Å². The highest BCUT2D eigenvalue weighted by atomic mass is 16.5. The first-order chi connectivity index (χ1) is 10.8. The monoisotopic (exact) mass is 293 g/mol. The van der Waals surface area contributed by atoms with E-state index in [0.29, 0.717) is 13.0 Å². The molecular formula is C19H19NO2. The molecule has 1 N–H and O–H groups in total. The average Bonchev–Trinajstić information content (AvgIpc) is 2.56. The highest BCUT2D eigenvalue weighted by Gasteiger charge is 2.11. The Hall–Kier alpha value is -2.39. The Morgan fingerprint density at radius 1 is 1.09 bits per heavy atom. The molecular weight excluding hydrogens is 274 g/mol. The van der Waals surface area contributed by atoms with Crippen molar-refractivity contribution in [2.24, 2.45) is 0 Å². The minimum absolute atomic E-state index is 0.525. The summed E-state index contributed by atoms with van der Waals surface area (Å²) in [6.45, 7) is 2.60. The van der Waals surface area contributed by atoms with Crippen LogP contribution in [0.5, 0.6) is 5.75 Å². The van der Waals surface area contributed by atoms with Crippen molar-refractivity contribution in [3.05, 3.63) is 71.9 Å². The number of aliphatic hydroxyl groups excluding tert-OH is 1. The second-order valence-corrected chi connectivity index (χ2v) is 5.21. The smallest absolute Gasteiger partial charge is 0.120 e. The lowest BCUT2D eigenvalue weighted by atomic mass is 9.99. The fourth-order valence-corrected chi connectivity index (χ4v) is 2.62. The molecule has 22 heavy (non-hydrogen) atoms. The van der Waals surface area contributed by atoms with E-state index in [0.717, 1.165) is 27.8 Å². The van der Waals surface area contributed by atoms with Gasteiger partial charge in [0.25, 0.3) is 0 Å². The molecule has 0 aliphatic rings. The predicted octanol–water partition coefficient (Wildman–Crippen LogP) is 3.91. The van der Waals surface area contributed by atoms with Crippen molar-refractivity contribution >= 4 is 10.9 Å². The van der Waals surface area contributed by atoms with Crippen molar-refractivity contribution in [2.45, 2.75) is 19.4 Å². The largest absolute Gasteiger partial charge is 0.494 e. The molecule has 0 spiro atoms. The normalized spacial score (nSPS) is 12.3. The zero-order valence-electron chi connectivity index (χ0n) is 12.6. The van der Waals surface area contributed by atoms with E-state index in [4.69, 9.17) is 4.74 Å². The minimum Gasteiger partial charge on any atom is -0.494 e. The van der Waals surface area contributed by atoms with Gasteiger partial charge in [0.05, 0.1) is 18.2 Å². The number of pyridine rings is 1. The maximum absolute atomic E-state index is 10.5. The Kier molecular flexibility index (Phi) is 4.35. The second kappa shape index (κ2) is 6.58. The fourth-order valence-electron chi connectivity index (χ4n) is 2.62. The summed E-state index contributed by atoms with van der Waals surface area (Å²) in [7, 11) is 0. The Labute approximate surface area is 130 Å². The first-order valence-corrected chi connectivity index (χ1v) is 7.51. The first kappa shape index (κ1) is 14.5. The number of aromatic nitrogens is 1. The van der Waals surface area contributed by atoms with Crippen molar-refractivity contribution in [1.82, 2.24) is 4.98 Å². The number of hydrogen-bond acceptors (Lipinski definition) is 3. The third-order valence-corrected chi connectivity index (χ3v) is 3.71. The summed E-state index contributed by atoms with van der Waals surface area (Å²) < 4.78 is 5.57. The van der Waals surface area contributed by atoms with Crippen molar-refractivity contribution in [1.29, 1.82) is 0 Å². The Balaban J connectivity index is 1.94. The highest BCUT2D eigenvalue weighted by molar-refractivity contribution is 5.83. The molecule has 0 amide bonds. The van der Waals surface area contributed by atoms with E-state index < -0.39 is 6.10 Å².